The van der Waals surface area contributed by atoms with Crippen molar-refractivity contribution in [3.8, 4) is 0 Å². The van der Waals surface area contributed by atoms with E-state index >= 15 is 0 Å². The Morgan fingerprint density at radius 1 is 1.29 bits per heavy atom. The van der Waals surface area contributed by atoms with Crippen LogP contribution >= 0.6 is 0 Å². The fraction of sp³-hybridized carbons (Fsp3) is 0.800. The van der Waals surface area contributed by atoms with Crippen LogP contribution in [0.5, 0.6) is 0 Å². The highest BCUT2D eigenvalue weighted by atomic mass is 16.5. The van der Waals surface area contributed by atoms with Crippen molar-refractivity contribution in [1.82, 2.24) is 10.6 Å². The maximum absolute atomic E-state index is 11.1. The van der Waals surface area contributed by atoms with Gasteiger partial charge in [0.15, 0.2) is 0 Å². The molecule has 0 aromatic heterocycles. The van der Waals surface area contributed by atoms with Crippen molar-refractivity contribution in [2.75, 3.05) is 33.5 Å². The summed E-state index contributed by atoms with van der Waals surface area (Å²) in [7, 11) is 1.60. The summed E-state index contributed by atoms with van der Waals surface area (Å²) in [6, 6.07) is -1.38. The zero-order valence-corrected chi connectivity index (χ0v) is 10.2. The Morgan fingerprint density at radius 2 is 2.00 bits per heavy atom. The standard InChI is InChI=1S/C10H20N2O5/c1-8(9(13)14)12-10(15)11-4-3-5-17-7-6-16-2/h8H,3-7H2,1-2H3,(H,13,14)(H2,11,12,15)/t8-/m1/s1. The van der Waals surface area contributed by atoms with Gasteiger partial charge in [-0.1, -0.05) is 0 Å². The lowest BCUT2D eigenvalue weighted by Crippen LogP contribution is -2.44. The van der Waals surface area contributed by atoms with Gasteiger partial charge in [-0.2, -0.15) is 0 Å². The van der Waals surface area contributed by atoms with Crippen LogP contribution in [0.3, 0.4) is 0 Å². The number of hydrogen-bond acceptors (Lipinski definition) is 4. The first kappa shape index (κ1) is 15.7. The summed E-state index contributed by atoms with van der Waals surface area (Å²) < 4.78 is 9.98. The van der Waals surface area contributed by atoms with E-state index in [4.69, 9.17) is 14.6 Å². The van der Waals surface area contributed by atoms with Crippen LogP contribution in [-0.4, -0.2) is 56.6 Å². The monoisotopic (exact) mass is 248 g/mol. The lowest BCUT2D eigenvalue weighted by molar-refractivity contribution is -0.138. The third-order valence-electron chi connectivity index (χ3n) is 1.90. The minimum absolute atomic E-state index is 0.436. The maximum atomic E-state index is 11.1. The molecule has 0 fully saturated rings. The average molecular weight is 248 g/mol. The summed E-state index contributed by atoms with van der Waals surface area (Å²) in [5, 5.41) is 13.4. The molecule has 0 unspecified atom stereocenters. The molecule has 7 heteroatoms. The van der Waals surface area contributed by atoms with E-state index in [1.165, 1.54) is 6.92 Å². The second-order valence-electron chi connectivity index (χ2n) is 3.42. The molecule has 0 radical (unpaired) electrons. The van der Waals surface area contributed by atoms with E-state index in [1.807, 2.05) is 0 Å². The predicted octanol–water partition coefficient (Wildman–Crippen LogP) is -0.188. The normalized spacial score (nSPS) is 11.9. The third-order valence-corrected chi connectivity index (χ3v) is 1.90. The quantitative estimate of drug-likeness (QED) is 0.491. The number of urea groups is 1. The first-order valence-corrected chi connectivity index (χ1v) is 5.41. The van der Waals surface area contributed by atoms with Crippen LogP contribution in [0.2, 0.25) is 0 Å². The molecule has 7 nitrogen and oxygen atoms in total. The Hall–Kier alpha value is -1.34. The van der Waals surface area contributed by atoms with Crippen LogP contribution in [0.1, 0.15) is 13.3 Å². The predicted molar refractivity (Wildman–Crippen MR) is 60.9 cm³/mol. The molecule has 2 amide bonds. The van der Waals surface area contributed by atoms with Gasteiger partial charge in [0.2, 0.25) is 0 Å². The molecule has 0 saturated carbocycles. The SMILES string of the molecule is COCCOCCCNC(=O)N[C@H](C)C(=O)O. The van der Waals surface area contributed by atoms with E-state index < -0.39 is 18.0 Å². The molecule has 0 aliphatic carbocycles. The second-order valence-corrected chi connectivity index (χ2v) is 3.42. The third kappa shape index (κ3) is 9.58. The Morgan fingerprint density at radius 3 is 2.59 bits per heavy atom. The number of carbonyl (C=O) groups is 2. The van der Waals surface area contributed by atoms with Crippen LogP contribution in [0.4, 0.5) is 4.79 Å². The first-order valence-electron chi connectivity index (χ1n) is 5.41. The number of rotatable bonds is 9. The summed E-state index contributed by atoms with van der Waals surface area (Å²) in [5.74, 6) is -1.07. The lowest BCUT2D eigenvalue weighted by Gasteiger charge is -2.10. The first-order chi connectivity index (χ1) is 8.07. The molecule has 17 heavy (non-hydrogen) atoms. The molecule has 0 spiro atoms. The summed E-state index contributed by atoms with van der Waals surface area (Å²) in [6.07, 6.45) is 0.665. The highest BCUT2D eigenvalue weighted by molar-refractivity contribution is 5.82. The minimum Gasteiger partial charge on any atom is -0.480 e. The molecular weight excluding hydrogens is 228 g/mol. The molecule has 0 aliphatic rings. The van der Waals surface area contributed by atoms with Gasteiger partial charge in [0, 0.05) is 20.3 Å². The maximum Gasteiger partial charge on any atom is 0.325 e. The van der Waals surface area contributed by atoms with Gasteiger partial charge in [-0.05, 0) is 13.3 Å². The van der Waals surface area contributed by atoms with E-state index in [0.29, 0.717) is 32.8 Å². The number of amides is 2. The number of carboxylic acid groups (broad SMARTS) is 1. The average Bonchev–Trinajstić information content (AvgIpc) is 2.27. The van der Waals surface area contributed by atoms with Crippen molar-refractivity contribution in [2.45, 2.75) is 19.4 Å². The zero-order chi connectivity index (χ0) is 13.1. The summed E-state index contributed by atoms with van der Waals surface area (Å²) in [4.78, 5) is 21.6. The highest BCUT2D eigenvalue weighted by Gasteiger charge is 2.12. The number of carboxylic acids is 1. The second kappa shape index (κ2) is 9.86. The Labute approximate surface area is 100 Å². The van der Waals surface area contributed by atoms with Gasteiger partial charge in [-0.25, -0.2) is 4.79 Å². The largest absolute Gasteiger partial charge is 0.480 e. The van der Waals surface area contributed by atoms with Crippen LogP contribution < -0.4 is 10.6 Å². The Bertz CT molecular complexity index is 235. The number of hydrogen-bond donors (Lipinski definition) is 3. The van der Waals surface area contributed by atoms with Gasteiger partial charge in [0.05, 0.1) is 13.2 Å². The minimum atomic E-state index is -1.07. The number of ether oxygens (including phenoxy) is 2. The number of aliphatic carboxylic acids is 1. The van der Waals surface area contributed by atoms with Crippen molar-refractivity contribution in [3.05, 3.63) is 0 Å². The zero-order valence-electron chi connectivity index (χ0n) is 10.2. The fourth-order valence-corrected chi connectivity index (χ4v) is 0.930. The van der Waals surface area contributed by atoms with Gasteiger partial charge in [0.1, 0.15) is 6.04 Å². The van der Waals surface area contributed by atoms with Gasteiger partial charge in [-0.15, -0.1) is 0 Å². The number of methoxy groups -OCH3 is 1. The van der Waals surface area contributed by atoms with Crippen molar-refractivity contribution < 1.29 is 24.2 Å². The molecular formula is C10H20N2O5. The van der Waals surface area contributed by atoms with Crippen molar-refractivity contribution in [1.29, 1.82) is 0 Å². The van der Waals surface area contributed by atoms with E-state index in [-0.39, 0.29) is 0 Å². The van der Waals surface area contributed by atoms with Crippen molar-refractivity contribution in [2.24, 2.45) is 0 Å². The molecule has 0 heterocycles. The van der Waals surface area contributed by atoms with Gasteiger partial charge in [-0.3, -0.25) is 4.79 Å². The van der Waals surface area contributed by atoms with Gasteiger partial charge >= 0.3 is 12.0 Å². The molecule has 0 bridgehead atoms. The van der Waals surface area contributed by atoms with Crippen LogP contribution in [0.25, 0.3) is 0 Å². The number of nitrogens with one attached hydrogen (secondary N) is 2. The molecule has 3 N–H and O–H groups in total. The van der Waals surface area contributed by atoms with Crippen LogP contribution in [0, 0.1) is 0 Å². The highest BCUT2D eigenvalue weighted by Crippen LogP contribution is 1.83. The number of carbonyl (C=O) groups excluding carboxylic acids is 1. The van der Waals surface area contributed by atoms with Crippen LogP contribution in [-0.2, 0) is 14.3 Å². The van der Waals surface area contributed by atoms with Crippen molar-refractivity contribution in [3.63, 3.8) is 0 Å². The summed E-state index contributed by atoms with van der Waals surface area (Å²) in [6.45, 7) is 3.43. The van der Waals surface area contributed by atoms with Gasteiger partial charge in [0.25, 0.3) is 0 Å². The molecule has 100 valence electrons. The van der Waals surface area contributed by atoms with E-state index in [1.54, 1.807) is 7.11 Å². The molecule has 0 aromatic rings. The molecule has 0 aliphatic heterocycles. The fourth-order valence-electron chi connectivity index (χ4n) is 0.930. The van der Waals surface area contributed by atoms with Crippen LogP contribution in [0.15, 0.2) is 0 Å². The molecule has 0 saturated heterocycles. The lowest BCUT2D eigenvalue weighted by atomic mass is 10.3. The Balaban J connectivity index is 3.36. The summed E-state index contributed by atoms with van der Waals surface area (Å²) in [5.41, 5.74) is 0. The summed E-state index contributed by atoms with van der Waals surface area (Å²) >= 11 is 0. The molecule has 1 atom stereocenters. The smallest absolute Gasteiger partial charge is 0.325 e. The van der Waals surface area contributed by atoms with E-state index in [9.17, 15) is 9.59 Å². The van der Waals surface area contributed by atoms with Crippen molar-refractivity contribution >= 4 is 12.0 Å². The van der Waals surface area contributed by atoms with Gasteiger partial charge < -0.3 is 25.2 Å². The molecule has 0 rings (SSSR count). The van der Waals surface area contributed by atoms with E-state index in [2.05, 4.69) is 10.6 Å². The molecule has 0 aromatic carbocycles. The van der Waals surface area contributed by atoms with E-state index in [0.717, 1.165) is 0 Å². The Kier molecular flexibility index (Phi) is 9.08. The topological polar surface area (TPSA) is 96.9 Å².